The fourth-order valence-corrected chi connectivity index (χ4v) is 1.12. The van der Waals surface area contributed by atoms with Crippen molar-refractivity contribution in [1.82, 2.24) is 10.8 Å². The lowest BCUT2D eigenvalue weighted by Crippen LogP contribution is -2.35. The smallest absolute Gasteiger partial charge is 0.262 e. The van der Waals surface area contributed by atoms with Crippen LogP contribution in [-0.2, 0) is 4.79 Å². The Morgan fingerprint density at radius 1 is 1.24 bits per heavy atom. The van der Waals surface area contributed by atoms with Crippen molar-refractivity contribution in [2.45, 2.75) is 0 Å². The number of benzene rings is 1. The highest BCUT2D eigenvalue weighted by Gasteiger charge is 2.09. The third-order valence-corrected chi connectivity index (χ3v) is 1.94. The maximum Gasteiger partial charge on any atom is 0.262 e. The first-order valence-electron chi connectivity index (χ1n) is 4.65. The van der Waals surface area contributed by atoms with Crippen LogP contribution < -0.4 is 16.5 Å². The number of hydrogen-bond acceptors (Lipinski definition) is 4. The van der Waals surface area contributed by atoms with Crippen LogP contribution in [0.25, 0.3) is 0 Å². The highest BCUT2D eigenvalue weighted by Crippen LogP contribution is 2.04. The maximum atomic E-state index is 11.5. The van der Waals surface area contributed by atoms with Gasteiger partial charge in [0, 0.05) is 11.1 Å². The first-order valence-corrected chi connectivity index (χ1v) is 4.65. The molecule has 0 aromatic heterocycles. The second-order valence-corrected chi connectivity index (χ2v) is 3.16. The maximum absolute atomic E-state index is 11.5. The summed E-state index contributed by atoms with van der Waals surface area (Å²) in [6.07, 6.45) is 0. The van der Waals surface area contributed by atoms with Gasteiger partial charge in [-0.1, -0.05) is 6.07 Å². The molecule has 17 heavy (non-hydrogen) atoms. The average molecular weight is 237 g/mol. The molecule has 3 amide bonds. The van der Waals surface area contributed by atoms with Crippen molar-refractivity contribution in [3.8, 4) is 0 Å². The summed E-state index contributed by atoms with van der Waals surface area (Å²) in [6, 6.07) is 5.76. The average Bonchev–Trinajstić information content (AvgIpc) is 2.35. The molecule has 0 aliphatic carbocycles. The number of carbonyl (C=O) groups excluding carboxylic acids is 3. The van der Waals surface area contributed by atoms with Crippen molar-refractivity contribution in [2.75, 3.05) is 6.54 Å². The molecule has 0 saturated heterocycles. The summed E-state index contributed by atoms with van der Waals surface area (Å²) in [5.74, 6) is -1.94. The summed E-state index contributed by atoms with van der Waals surface area (Å²) in [6.45, 7) is -0.365. The number of carbonyl (C=O) groups is 3. The van der Waals surface area contributed by atoms with Crippen molar-refractivity contribution in [2.24, 2.45) is 5.73 Å². The fourth-order valence-electron chi connectivity index (χ4n) is 1.12. The van der Waals surface area contributed by atoms with Crippen LogP contribution in [0.5, 0.6) is 0 Å². The predicted molar refractivity (Wildman–Crippen MR) is 57.2 cm³/mol. The minimum absolute atomic E-state index is 0.198. The molecule has 0 heterocycles. The van der Waals surface area contributed by atoms with Crippen LogP contribution in [0.2, 0.25) is 0 Å². The Kier molecular flexibility index (Phi) is 4.18. The largest absolute Gasteiger partial charge is 0.366 e. The highest BCUT2D eigenvalue weighted by atomic mass is 16.5. The molecule has 7 heteroatoms. The van der Waals surface area contributed by atoms with Crippen LogP contribution >= 0.6 is 0 Å². The van der Waals surface area contributed by atoms with Gasteiger partial charge in [0.2, 0.25) is 5.91 Å². The van der Waals surface area contributed by atoms with E-state index in [1.807, 2.05) is 0 Å². The minimum atomic E-state index is -0.746. The van der Waals surface area contributed by atoms with Crippen LogP contribution in [0.3, 0.4) is 0 Å². The Balaban J connectivity index is 2.72. The molecular formula is C10H11N3O4. The number of nitrogens with one attached hydrogen (secondary N) is 2. The van der Waals surface area contributed by atoms with E-state index in [0.29, 0.717) is 0 Å². The van der Waals surface area contributed by atoms with Gasteiger partial charge in [-0.25, -0.2) is 5.48 Å². The molecule has 0 spiro atoms. The van der Waals surface area contributed by atoms with Gasteiger partial charge in [0.25, 0.3) is 11.8 Å². The lowest BCUT2D eigenvalue weighted by molar-refractivity contribution is -0.128. The van der Waals surface area contributed by atoms with Crippen molar-refractivity contribution in [3.63, 3.8) is 0 Å². The topological polar surface area (TPSA) is 122 Å². The van der Waals surface area contributed by atoms with Gasteiger partial charge in [0.15, 0.2) is 0 Å². The summed E-state index contributed by atoms with van der Waals surface area (Å²) in [7, 11) is 0. The van der Waals surface area contributed by atoms with Gasteiger partial charge in [-0.3, -0.25) is 19.6 Å². The van der Waals surface area contributed by atoms with E-state index in [1.165, 1.54) is 29.7 Å². The van der Waals surface area contributed by atoms with Crippen molar-refractivity contribution in [3.05, 3.63) is 35.4 Å². The number of rotatable bonds is 4. The Hall–Kier alpha value is -2.41. The van der Waals surface area contributed by atoms with Gasteiger partial charge in [-0.15, -0.1) is 0 Å². The molecule has 0 radical (unpaired) electrons. The van der Waals surface area contributed by atoms with Gasteiger partial charge >= 0.3 is 0 Å². The number of primary amides is 1. The van der Waals surface area contributed by atoms with E-state index in [0.717, 1.165) is 0 Å². The molecule has 1 rings (SSSR count). The van der Waals surface area contributed by atoms with Crippen LogP contribution in [0, 0.1) is 0 Å². The minimum Gasteiger partial charge on any atom is -0.366 e. The van der Waals surface area contributed by atoms with Crippen molar-refractivity contribution < 1.29 is 19.6 Å². The summed E-state index contributed by atoms with van der Waals surface area (Å²) in [5.41, 5.74) is 6.83. The summed E-state index contributed by atoms with van der Waals surface area (Å²) >= 11 is 0. The Morgan fingerprint density at radius 2 is 1.88 bits per heavy atom. The molecule has 90 valence electrons. The van der Waals surface area contributed by atoms with E-state index in [9.17, 15) is 14.4 Å². The standard InChI is InChI=1S/C10H11N3O4/c11-9(15)6-2-1-3-7(4-6)10(16)12-5-8(14)13-17/h1-4,17H,5H2,(H2,11,15)(H,12,16)(H,13,14). The van der Waals surface area contributed by atoms with Crippen LogP contribution in [0.4, 0.5) is 0 Å². The van der Waals surface area contributed by atoms with E-state index in [1.54, 1.807) is 0 Å². The molecule has 0 aliphatic heterocycles. The number of nitrogens with two attached hydrogens (primary N) is 1. The summed E-state index contributed by atoms with van der Waals surface area (Å²) in [4.78, 5) is 33.1. The molecule has 0 bridgehead atoms. The first kappa shape index (κ1) is 12.7. The number of hydrogen-bond donors (Lipinski definition) is 4. The van der Waals surface area contributed by atoms with Gasteiger partial charge in [0.05, 0.1) is 6.54 Å². The second kappa shape index (κ2) is 5.61. The van der Waals surface area contributed by atoms with Crippen molar-refractivity contribution >= 4 is 17.7 Å². The van der Waals surface area contributed by atoms with E-state index >= 15 is 0 Å². The van der Waals surface area contributed by atoms with E-state index in [-0.39, 0.29) is 17.7 Å². The second-order valence-electron chi connectivity index (χ2n) is 3.16. The lowest BCUT2D eigenvalue weighted by Gasteiger charge is -2.04. The normalized spacial score (nSPS) is 9.47. The molecule has 1 aromatic rings. The third-order valence-electron chi connectivity index (χ3n) is 1.94. The first-order chi connectivity index (χ1) is 8.04. The molecule has 0 unspecified atom stereocenters. The molecule has 7 nitrogen and oxygen atoms in total. The third kappa shape index (κ3) is 3.58. The zero-order valence-corrected chi connectivity index (χ0v) is 8.77. The number of amides is 3. The monoisotopic (exact) mass is 237 g/mol. The summed E-state index contributed by atoms with van der Waals surface area (Å²) in [5, 5.41) is 10.5. The summed E-state index contributed by atoms with van der Waals surface area (Å²) < 4.78 is 0. The van der Waals surface area contributed by atoms with Gasteiger partial charge < -0.3 is 11.1 Å². The van der Waals surface area contributed by atoms with Crippen LogP contribution in [-0.4, -0.2) is 29.5 Å². The molecule has 0 atom stereocenters. The van der Waals surface area contributed by atoms with Gasteiger partial charge in [-0.05, 0) is 18.2 Å². The molecule has 0 fully saturated rings. The van der Waals surface area contributed by atoms with E-state index in [4.69, 9.17) is 10.9 Å². The lowest BCUT2D eigenvalue weighted by atomic mass is 10.1. The SMILES string of the molecule is NC(=O)c1cccc(C(=O)NCC(=O)NO)c1. The highest BCUT2D eigenvalue weighted by molar-refractivity contribution is 6.00. The molecular weight excluding hydrogens is 226 g/mol. The fraction of sp³-hybridized carbons (Fsp3) is 0.100. The zero-order valence-electron chi connectivity index (χ0n) is 8.77. The Labute approximate surface area is 96.6 Å². The molecule has 0 saturated carbocycles. The number of hydroxylamine groups is 1. The predicted octanol–water partition coefficient (Wildman–Crippen LogP) is -0.979. The van der Waals surface area contributed by atoms with Crippen LogP contribution in [0.15, 0.2) is 24.3 Å². The zero-order chi connectivity index (χ0) is 12.8. The Bertz CT molecular complexity index is 459. The Morgan fingerprint density at radius 3 is 2.47 bits per heavy atom. The van der Waals surface area contributed by atoms with Crippen molar-refractivity contribution in [1.29, 1.82) is 0 Å². The van der Waals surface area contributed by atoms with Crippen LogP contribution in [0.1, 0.15) is 20.7 Å². The molecule has 5 N–H and O–H groups in total. The van der Waals surface area contributed by atoms with E-state index < -0.39 is 17.7 Å². The quantitative estimate of drug-likeness (QED) is 0.397. The molecule has 1 aromatic carbocycles. The van der Waals surface area contributed by atoms with E-state index in [2.05, 4.69) is 5.32 Å². The van der Waals surface area contributed by atoms with Gasteiger partial charge in [-0.2, -0.15) is 0 Å². The van der Waals surface area contributed by atoms with Gasteiger partial charge in [0.1, 0.15) is 0 Å². The molecule has 0 aliphatic rings.